The van der Waals surface area contributed by atoms with Crippen LogP contribution in [0, 0.1) is 0 Å². The fourth-order valence-electron chi connectivity index (χ4n) is 1.52. The van der Waals surface area contributed by atoms with Crippen molar-refractivity contribution in [1.29, 1.82) is 0 Å². The number of methoxy groups -OCH3 is 1. The third-order valence-corrected chi connectivity index (χ3v) is 2.13. The van der Waals surface area contributed by atoms with Crippen LogP contribution in [0.4, 0.5) is 0 Å². The van der Waals surface area contributed by atoms with Crippen molar-refractivity contribution in [3.63, 3.8) is 0 Å². The molecule has 0 saturated heterocycles. The lowest BCUT2D eigenvalue weighted by Crippen LogP contribution is -2.03. The number of phenolic OH excluding ortho intramolecular Hbond substituents is 2. The Bertz CT molecular complexity index is 585. The molecule has 0 amide bonds. The maximum absolute atomic E-state index is 11.6. The van der Waals surface area contributed by atoms with Crippen LogP contribution in [0.2, 0.25) is 0 Å². The lowest BCUT2D eigenvalue weighted by atomic mass is 10.2. The van der Waals surface area contributed by atoms with Gasteiger partial charge in [0.2, 0.25) is 0 Å². The molecule has 0 unspecified atom stereocenters. The molecule has 0 aliphatic carbocycles. The molecule has 0 radical (unpaired) electrons. The summed E-state index contributed by atoms with van der Waals surface area (Å²) >= 11 is 0. The van der Waals surface area contributed by atoms with E-state index in [4.69, 9.17) is 9.15 Å². The molecule has 5 nitrogen and oxygen atoms in total. The normalized spacial score (nSPS) is 10.8. The maximum Gasteiger partial charge on any atom is 0.196 e. The first kappa shape index (κ1) is 10.5. The Morgan fingerprint density at radius 1 is 1.31 bits per heavy atom. The predicted octanol–water partition coefficient (Wildman–Crippen LogP) is 1.35. The van der Waals surface area contributed by atoms with Crippen LogP contribution in [-0.2, 0) is 11.3 Å². The molecule has 0 bridgehead atoms. The van der Waals surface area contributed by atoms with Crippen molar-refractivity contribution >= 4 is 11.0 Å². The number of phenols is 2. The highest BCUT2D eigenvalue weighted by Crippen LogP contribution is 2.27. The van der Waals surface area contributed by atoms with Gasteiger partial charge in [0.15, 0.2) is 5.43 Å². The van der Waals surface area contributed by atoms with Crippen LogP contribution >= 0.6 is 0 Å². The van der Waals surface area contributed by atoms with Crippen molar-refractivity contribution in [2.24, 2.45) is 0 Å². The van der Waals surface area contributed by atoms with Gasteiger partial charge in [0.25, 0.3) is 0 Å². The van der Waals surface area contributed by atoms with Crippen molar-refractivity contribution in [3.8, 4) is 11.5 Å². The van der Waals surface area contributed by atoms with Crippen LogP contribution in [0.3, 0.4) is 0 Å². The fourth-order valence-corrected chi connectivity index (χ4v) is 1.52. The third-order valence-electron chi connectivity index (χ3n) is 2.13. The molecular weight excluding hydrogens is 212 g/mol. The number of rotatable bonds is 2. The number of benzene rings is 1. The number of ether oxygens (including phenoxy) is 1. The second-order valence-corrected chi connectivity index (χ2v) is 3.35. The van der Waals surface area contributed by atoms with Crippen molar-refractivity contribution in [3.05, 3.63) is 34.2 Å². The lowest BCUT2D eigenvalue weighted by Gasteiger charge is -2.03. The van der Waals surface area contributed by atoms with E-state index in [9.17, 15) is 15.0 Å². The number of aromatic hydroxyl groups is 2. The molecule has 2 aromatic rings. The van der Waals surface area contributed by atoms with E-state index in [1.165, 1.54) is 19.2 Å². The van der Waals surface area contributed by atoms with E-state index in [-0.39, 0.29) is 34.5 Å². The highest BCUT2D eigenvalue weighted by atomic mass is 16.5. The summed E-state index contributed by atoms with van der Waals surface area (Å²) in [7, 11) is 1.48. The minimum Gasteiger partial charge on any atom is -0.508 e. The largest absolute Gasteiger partial charge is 0.508 e. The monoisotopic (exact) mass is 222 g/mol. The molecule has 0 aliphatic rings. The van der Waals surface area contributed by atoms with E-state index < -0.39 is 0 Å². The summed E-state index contributed by atoms with van der Waals surface area (Å²) in [5.74, 6) is -0.125. The molecule has 0 atom stereocenters. The highest BCUT2D eigenvalue weighted by molar-refractivity contribution is 5.84. The molecule has 1 heterocycles. The van der Waals surface area contributed by atoms with E-state index in [0.29, 0.717) is 5.76 Å². The zero-order valence-corrected chi connectivity index (χ0v) is 8.56. The Balaban J connectivity index is 2.77. The summed E-state index contributed by atoms with van der Waals surface area (Å²) in [6.07, 6.45) is 0. The molecule has 2 N–H and O–H groups in total. The van der Waals surface area contributed by atoms with Gasteiger partial charge in [0.05, 0.1) is 0 Å². The Kier molecular flexibility index (Phi) is 2.54. The zero-order chi connectivity index (χ0) is 11.7. The standard InChI is InChI=1S/C11H10O5/c1-15-5-7-4-9(14)11-8(13)2-6(12)3-10(11)16-7/h2-4,12-13H,5H2,1H3. The Labute approximate surface area is 90.5 Å². The van der Waals surface area contributed by atoms with Crippen LogP contribution in [0.1, 0.15) is 5.76 Å². The van der Waals surface area contributed by atoms with Gasteiger partial charge in [-0.2, -0.15) is 0 Å². The van der Waals surface area contributed by atoms with Gasteiger partial charge in [-0.1, -0.05) is 0 Å². The summed E-state index contributed by atoms with van der Waals surface area (Å²) in [5.41, 5.74) is -0.233. The van der Waals surface area contributed by atoms with E-state index in [1.54, 1.807) is 0 Å². The minimum absolute atomic E-state index is 0.0534. The molecule has 84 valence electrons. The smallest absolute Gasteiger partial charge is 0.196 e. The van der Waals surface area contributed by atoms with Gasteiger partial charge in [0.1, 0.15) is 34.8 Å². The van der Waals surface area contributed by atoms with Gasteiger partial charge in [-0.25, -0.2) is 0 Å². The molecule has 1 aromatic carbocycles. The van der Waals surface area contributed by atoms with E-state index in [1.807, 2.05) is 0 Å². The summed E-state index contributed by atoms with van der Waals surface area (Å²) in [5, 5.41) is 18.8. The van der Waals surface area contributed by atoms with Crippen LogP contribution in [-0.4, -0.2) is 17.3 Å². The van der Waals surface area contributed by atoms with Gasteiger partial charge in [-0.3, -0.25) is 4.79 Å². The highest BCUT2D eigenvalue weighted by Gasteiger charge is 2.10. The van der Waals surface area contributed by atoms with Gasteiger partial charge >= 0.3 is 0 Å². The molecule has 0 fully saturated rings. The number of hydrogen-bond donors (Lipinski definition) is 2. The summed E-state index contributed by atoms with van der Waals surface area (Å²) in [6.45, 7) is 0.154. The average molecular weight is 222 g/mol. The maximum atomic E-state index is 11.6. The molecule has 0 saturated carbocycles. The Hall–Kier alpha value is -2.01. The van der Waals surface area contributed by atoms with Crippen molar-refractivity contribution < 1.29 is 19.4 Å². The predicted molar refractivity (Wildman–Crippen MR) is 56.5 cm³/mol. The fraction of sp³-hybridized carbons (Fsp3) is 0.182. The molecule has 16 heavy (non-hydrogen) atoms. The van der Waals surface area contributed by atoms with Crippen molar-refractivity contribution in [2.45, 2.75) is 6.61 Å². The molecule has 5 heteroatoms. The Morgan fingerprint density at radius 2 is 2.06 bits per heavy atom. The van der Waals surface area contributed by atoms with Crippen LogP contribution < -0.4 is 5.43 Å². The third kappa shape index (κ3) is 1.72. The molecule has 2 rings (SSSR count). The second-order valence-electron chi connectivity index (χ2n) is 3.35. The molecule has 0 spiro atoms. The second kappa shape index (κ2) is 3.86. The molecule has 1 aromatic heterocycles. The van der Waals surface area contributed by atoms with E-state index in [2.05, 4.69) is 0 Å². The van der Waals surface area contributed by atoms with Crippen molar-refractivity contribution in [2.75, 3.05) is 7.11 Å². The van der Waals surface area contributed by atoms with Crippen LogP contribution in [0.5, 0.6) is 11.5 Å². The quantitative estimate of drug-likeness (QED) is 0.801. The summed E-state index contributed by atoms with van der Waals surface area (Å²) < 4.78 is 10.1. The summed E-state index contributed by atoms with van der Waals surface area (Å²) in [6, 6.07) is 3.62. The van der Waals surface area contributed by atoms with Crippen molar-refractivity contribution in [1.82, 2.24) is 0 Å². The van der Waals surface area contributed by atoms with Gasteiger partial charge in [-0.15, -0.1) is 0 Å². The zero-order valence-electron chi connectivity index (χ0n) is 8.56. The average Bonchev–Trinajstić information content (AvgIpc) is 2.15. The number of fused-ring (bicyclic) bond motifs is 1. The van der Waals surface area contributed by atoms with E-state index >= 15 is 0 Å². The van der Waals surface area contributed by atoms with Crippen LogP contribution in [0.25, 0.3) is 11.0 Å². The van der Waals surface area contributed by atoms with Gasteiger partial charge in [-0.05, 0) is 0 Å². The Morgan fingerprint density at radius 3 is 2.75 bits per heavy atom. The summed E-state index contributed by atoms with van der Waals surface area (Å²) in [4.78, 5) is 11.6. The first-order valence-corrected chi connectivity index (χ1v) is 4.59. The first-order valence-electron chi connectivity index (χ1n) is 4.59. The van der Waals surface area contributed by atoms with Gasteiger partial charge < -0.3 is 19.4 Å². The van der Waals surface area contributed by atoms with Crippen LogP contribution in [0.15, 0.2) is 27.4 Å². The lowest BCUT2D eigenvalue weighted by molar-refractivity contribution is 0.165. The molecule has 0 aliphatic heterocycles. The first-order chi connectivity index (χ1) is 7.61. The topological polar surface area (TPSA) is 79.9 Å². The molecular formula is C11H10O5. The van der Waals surface area contributed by atoms with E-state index in [0.717, 1.165) is 6.07 Å². The van der Waals surface area contributed by atoms with Gasteiger partial charge in [0, 0.05) is 25.3 Å². The SMILES string of the molecule is COCc1cc(=O)c2c(O)cc(O)cc2o1. The minimum atomic E-state index is -0.370. The number of hydrogen-bond acceptors (Lipinski definition) is 5.